The molecule has 2 aromatic carbocycles. The molecule has 2 rings (SSSR count). The average Bonchev–Trinajstić information content (AvgIpc) is 2.28. The van der Waals surface area contributed by atoms with Crippen LogP contribution in [0.5, 0.6) is 5.75 Å². The Morgan fingerprint density at radius 2 is 1.78 bits per heavy atom. The maximum Gasteiger partial charge on any atom is 0.259 e. The van der Waals surface area contributed by atoms with Crippen LogP contribution in [0.3, 0.4) is 0 Å². The number of carbonyl (C=O) groups is 1. The number of benzene rings is 2. The lowest BCUT2D eigenvalue weighted by molar-refractivity contribution is 0.102. The molecule has 2 aromatic rings. The molecule has 0 aliphatic rings. The molecular formula is C13H9F2NO2. The van der Waals surface area contributed by atoms with Crippen molar-refractivity contribution < 1.29 is 18.7 Å². The summed E-state index contributed by atoms with van der Waals surface area (Å²) in [5.74, 6) is -2.24. The molecule has 92 valence electrons. The largest absolute Gasteiger partial charge is 0.507 e. The first kappa shape index (κ1) is 12.0. The summed E-state index contributed by atoms with van der Waals surface area (Å²) in [6.07, 6.45) is 0. The standard InChI is InChI=1S/C13H9F2NO2/c14-8-2-1-3-10(6-8)16-13(18)11-5-4-9(15)7-12(11)17/h1-7,17H,(H,16,18). The lowest BCUT2D eigenvalue weighted by atomic mass is 10.2. The van der Waals surface area contributed by atoms with Crippen LogP contribution in [0.25, 0.3) is 0 Å². The second-order valence-electron chi connectivity index (χ2n) is 3.63. The summed E-state index contributed by atoms with van der Waals surface area (Å²) in [6, 6.07) is 8.36. The molecule has 0 spiro atoms. The fourth-order valence-corrected chi connectivity index (χ4v) is 1.46. The van der Waals surface area contributed by atoms with E-state index in [1.54, 1.807) is 0 Å². The highest BCUT2D eigenvalue weighted by atomic mass is 19.1. The van der Waals surface area contributed by atoms with Gasteiger partial charge in [-0.2, -0.15) is 0 Å². The Morgan fingerprint density at radius 1 is 1.06 bits per heavy atom. The maximum absolute atomic E-state index is 12.9. The first-order valence-electron chi connectivity index (χ1n) is 5.12. The van der Waals surface area contributed by atoms with Crippen molar-refractivity contribution in [2.45, 2.75) is 0 Å². The topological polar surface area (TPSA) is 49.3 Å². The molecule has 5 heteroatoms. The quantitative estimate of drug-likeness (QED) is 0.859. The minimum Gasteiger partial charge on any atom is -0.507 e. The SMILES string of the molecule is O=C(Nc1cccc(F)c1)c1ccc(F)cc1O. The van der Waals surface area contributed by atoms with Gasteiger partial charge in [0.1, 0.15) is 17.4 Å². The molecule has 18 heavy (non-hydrogen) atoms. The van der Waals surface area contributed by atoms with Crippen LogP contribution in [0.2, 0.25) is 0 Å². The Balaban J connectivity index is 2.22. The molecule has 1 amide bonds. The van der Waals surface area contributed by atoms with Crippen molar-refractivity contribution in [2.24, 2.45) is 0 Å². The average molecular weight is 249 g/mol. The lowest BCUT2D eigenvalue weighted by Crippen LogP contribution is -2.12. The molecule has 0 aliphatic carbocycles. The van der Waals surface area contributed by atoms with Gasteiger partial charge in [0.2, 0.25) is 0 Å². The van der Waals surface area contributed by atoms with Crippen molar-refractivity contribution in [1.82, 2.24) is 0 Å². The molecule has 0 radical (unpaired) electrons. The monoisotopic (exact) mass is 249 g/mol. The zero-order valence-electron chi connectivity index (χ0n) is 9.15. The van der Waals surface area contributed by atoms with E-state index in [0.717, 1.165) is 24.3 Å². The second-order valence-corrected chi connectivity index (χ2v) is 3.63. The molecule has 2 N–H and O–H groups in total. The first-order chi connectivity index (χ1) is 8.56. The van der Waals surface area contributed by atoms with Crippen molar-refractivity contribution >= 4 is 11.6 Å². The molecule has 0 aliphatic heterocycles. The minimum atomic E-state index is -0.644. The smallest absolute Gasteiger partial charge is 0.259 e. The molecular weight excluding hydrogens is 240 g/mol. The van der Waals surface area contributed by atoms with Gasteiger partial charge in [-0.05, 0) is 30.3 Å². The van der Waals surface area contributed by atoms with Crippen LogP contribution in [0, 0.1) is 11.6 Å². The number of hydrogen-bond acceptors (Lipinski definition) is 2. The summed E-state index contributed by atoms with van der Waals surface area (Å²) in [4.78, 5) is 11.7. The number of nitrogens with one attached hydrogen (secondary N) is 1. The molecule has 0 saturated heterocycles. The number of anilines is 1. The molecule has 0 saturated carbocycles. The van der Waals surface area contributed by atoms with Crippen molar-refractivity contribution in [3.63, 3.8) is 0 Å². The summed E-state index contributed by atoms with van der Waals surface area (Å²) in [5.41, 5.74) is 0.171. The summed E-state index contributed by atoms with van der Waals surface area (Å²) in [5, 5.41) is 11.8. The highest BCUT2D eigenvalue weighted by molar-refractivity contribution is 6.06. The number of phenolic OH excluding ortho intramolecular Hbond substituents is 1. The van der Waals surface area contributed by atoms with Gasteiger partial charge in [-0.25, -0.2) is 8.78 Å². The third kappa shape index (κ3) is 2.63. The van der Waals surface area contributed by atoms with Crippen LogP contribution in [-0.2, 0) is 0 Å². The number of carbonyl (C=O) groups excluding carboxylic acids is 1. The van der Waals surface area contributed by atoms with Crippen LogP contribution >= 0.6 is 0 Å². The maximum atomic E-state index is 12.9. The van der Waals surface area contributed by atoms with E-state index in [4.69, 9.17) is 0 Å². The molecule has 0 aromatic heterocycles. The van der Waals surface area contributed by atoms with Gasteiger partial charge in [0.25, 0.3) is 5.91 Å². The third-order valence-electron chi connectivity index (χ3n) is 2.29. The Morgan fingerprint density at radius 3 is 2.44 bits per heavy atom. The predicted octanol–water partition coefficient (Wildman–Crippen LogP) is 2.92. The molecule has 0 heterocycles. The van der Waals surface area contributed by atoms with Crippen LogP contribution in [0.1, 0.15) is 10.4 Å². The number of rotatable bonds is 2. The van der Waals surface area contributed by atoms with E-state index in [0.29, 0.717) is 0 Å². The summed E-state index contributed by atoms with van der Waals surface area (Å²) in [6.45, 7) is 0. The Bertz CT molecular complexity index is 599. The van der Waals surface area contributed by atoms with Crippen molar-refractivity contribution in [3.8, 4) is 5.75 Å². The fourth-order valence-electron chi connectivity index (χ4n) is 1.46. The number of phenols is 1. The van der Waals surface area contributed by atoms with E-state index in [2.05, 4.69) is 5.32 Å². The minimum absolute atomic E-state index is 0.0827. The predicted molar refractivity (Wildman–Crippen MR) is 62.4 cm³/mol. The van der Waals surface area contributed by atoms with Gasteiger partial charge in [0, 0.05) is 11.8 Å². The summed E-state index contributed by atoms with van der Waals surface area (Å²) in [7, 11) is 0. The third-order valence-corrected chi connectivity index (χ3v) is 2.29. The van der Waals surface area contributed by atoms with Gasteiger partial charge in [-0.15, -0.1) is 0 Å². The van der Waals surface area contributed by atoms with Gasteiger partial charge >= 0.3 is 0 Å². The lowest BCUT2D eigenvalue weighted by Gasteiger charge is -2.06. The Labute approximate surface area is 102 Å². The zero-order valence-corrected chi connectivity index (χ0v) is 9.15. The van der Waals surface area contributed by atoms with Gasteiger partial charge in [0.05, 0.1) is 5.56 Å². The molecule has 0 fully saturated rings. The molecule has 0 atom stereocenters. The van der Waals surface area contributed by atoms with E-state index in [9.17, 15) is 18.7 Å². The fraction of sp³-hybridized carbons (Fsp3) is 0. The molecule has 0 bridgehead atoms. The van der Waals surface area contributed by atoms with Crippen molar-refractivity contribution in [3.05, 3.63) is 59.7 Å². The number of hydrogen-bond donors (Lipinski definition) is 2. The van der Waals surface area contributed by atoms with E-state index >= 15 is 0 Å². The van der Waals surface area contributed by atoms with Crippen molar-refractivity contribution in [1.29, 1.82) is 0 Å². The van der Waals surface area contributed by atoms with Crippen LogP contribution in [0.15, 0.2) is 42.5 Å². The first-order valence-corrected chi connectivity index (χ1v) is 5.12. The van der Waals surface area contributed by atoms with Gasteiger partial charge in [0.15, 0.2) is 0 Å². The van der Waals surface area contributed by atoms with Gasteiger partial charge in [-0.1, -0.05) is 6.07 Å². The van der Waals surface area contributed by atoms with Crippen molar-refractivity contribution in [2.75, 3.05) is 5.32 Å². The van der Waals surface area contributed by atoms with Crippen LogP contribution in [0.4, 0.5) is 14.5 Å². The Hall–Kier alpha value is -2.43. The molecule has 3 nitrogen and oxygen atoms in total. The second kappa shape index (κ2) is 4.83. The van der Waals surface area contributed by atoms with Gasteiger partial charge < -0.3 is 10.4 Å². The van der Waals surface area contributed by atoms with E-state index in [1.165, 1.54) is 18.2 Å². The number of halogens is 2. The van der Waals surface area contributed by atoms with Crippen LogP contribution < -0.4 is 5.32 Å². The van der Waals surface area contributed by atoms with E-state index in [1.807, 2.05) is 0 Å². The number of aromatic hydroxyl groups is 1. The normalized spacial score (nSPS) is 10.1. The summed E-state index contributed by atoms with van der Waals surface area (Å²) < 4.78 is 25.7. The van der Waals surface area contributed by atoms with E-state index < -0.39 is 23.3 Å². The number of amides is 1. The zero-order chi connectivity index (χ0) is 13.1. The Kier molecular flexibility index (Phi) is 3.23. The van der Waals surface area contributed by atoms with Gasteiger partial charge in [-0.3, -0.25) is 4.79 Å². The van der Waals surface area contributed by atoms with Crippen LogP contribution in [-0.4, -0.2) is 11.0 Å². The highest BCUT2D eigenvalue weighted by Crippen LogP contribution is 2.19. The molecule has 0 unspecified atom stereocenters. The van der Waals surface area contributed by atoms with E-state index in [-0.39, 0.29) is 11.3 Å². The highest BCUT2D eigenvalue weighted by Gasteiger charge is 2.12. The summed E-state index contributed by atoms with van der Waals surface area (Å²) >= 11 is 0.